The molecule has 6 heteroatoms. The fourth-order valence-corrected chi connectivity index (χ4v) is 3.30. The molecule has 0 fully saturated rings. The van der Waals surface area contributed by atoms with Gasteiger partial charge in [-0.2, -0.15) is 0 Å². The van der Waals surface area contributed by atoms with E-state index in [1.807, 2.05) is 0 Å². The first-order chi connectivity index (χ1) is 8.17. The minimum Gasteiger partial charge on any atom is -0.399 e. The van der Waals surface area contributed by atoms with E-state index in [1.54, 1.807) is 13.0 Å². The van der Waals surface area contributed by atoms with Gasteiger partial charge in [0.15, 0.2) is 9.84 Å². The van der Waals surface area contributed by atoms with Crippen LogP contribution in [0.15, 0.2) is 23.1 Å². The van der Waals surface area contributed by atoms with Crippen LogP contribution in [-0.4, -0.2) is 38.6 Å². The molecule has 1 amide bonds. The van der Waals surface area contributed by atoms with Gasteiger partial charge in [0.25, 0.3) is 0 Å². The van der Waals surface area contributed by atoms with Crippen molar-refractivity contribution in [2.45, 2.75) is 24.0 Å². The Morgan fingerprint density at radius 1 is 1.33 bits per heavy atom. The lowest BCUT2D eigenvalue weighted by Gasteiger charge is -2.18. The van der Waals surface area contributed by atoms with E-state index in [0.717, 1.165) is 0 Å². The zero-order valence-corrected chi connectivity index (χ0v) is 11.8. The molecule has 18 heavy (non-hydrogen) atoms. The van der Waals surface area contributed by atoms with Crippen molar-refractivity contribution < 1.29 is 13.2 Å². The first-order valence-electron chi connectivity index (χ1n) is 5.49. The van der Waals surface area contributed by atoms with Gasteiger partial charge in [-0.15, -0.1) is 0 Å². The third-order valence-corrected chi connectivity index (χ3v) is 4.96. The van der Waals surface area contributed by atoms with E-state index in [1.165, 1.54) is 38.1 Å². The first-order valence-corrected chi connectivity index (χ1v) is 7.03. The molecule has 0 saturated carbocycles. The Kier molecular flexibility index (Phi) is 4.01. The van der Waals surface area contributed by atoms with Crippen LogP contribution in [0.5, 0.6) is 0 Å². The van der Waals surface area contributed by atoms with Gasteiger partial charge >= 0.3 is 0 Å². The Hall–Kier alpha value is -1.56. The third kappa shape index (κ3) is 2.64. The summed E-state index contributed by atoms with van der Waals surface area (Å²) in [5, 5.41) is -1.10. The molecule has 5 nitrogen and oxygen atoms in total. The molecule has 1 rings (SSSR count). The maximum Gasteiger partial charge on any atom is 0.240 e. The molecule has 0 aliphatic heterocycles. The zero-order chi connectivity index (χ0) is 14.1. The van der Waals surface area contributed by atoms with Crippen LogP contribution in [0.2, 0.25) is 0 Å². The van der Waals surface area contributed by atoms with Crippen LogP contribution in [0.25, 0.3) is 0 Å². The lowest BCUT2D eigenvalue weighted by molar-refractivity contribution is -0.127. The topological polar surface area (TPSA) is 80.5 Å². The predicted molar refractivity (Wildman–Crippen MR) is 70.9 cm³/mol. The molecular formula is C12H18N2O3S. The fraction of sp³-hybridized carbons (Fsp3) is 0.417. The highest BCUT2D eigenvalue weighted by molar-refractivity contribution is 7.92. The van der Waals surface area contributed by atoms with Gasteiger partial charge in [0.1, 0.15) is 5.25 Å². The molecule has 0 bridgehead atoms. The van der Waals surface area contributed by atoms with Gasteiger partial charge in [0.05, 0.1) is 4.90 Å². The summed E-state index contributed by atoms with van der Waals surface area (Å²) in [6, 6.07) is 4.55. The molecular weight excluding hydrogens is 252 g/mol. The van der Waals surface area contributed by atoms with Crippen molar-refractivity contribution in [3.63, 3.8) is 0 Å². The number of carbonyl (C=O) groups is 1. The lowest BCUT2D eigenvalue weighted by Crippen LogP contribution is -2.37. The molecule has 2 N–H and O–H groups in total. The number of amides is 1. The summed E-state index contributed by atoms with van der Waals surface area (Å²) in [5.74, 6) is -0.439. The molecule has 1 aromatic rings. The Labute approximate surface area is 108 Å². The van der Waals surface area contributed by atoms with Gasteiger partial charge in [0.2, 0.25) is 5.91 Å². The first kappa shape index (κ1) is 14.5. The summed E-state index contributed by atoms with van der Waals surface area (Å²) in [6.07, 6.45) is 0. The van der Waals surface area contributed by atoms with Gasteiger partial charge in [0, 0.05) is 19.8 Å². The van der Waals surface area contributed by atoms with Gasteiger partial charge in [-0.25, -0.2) is 8.42 Å². The normalized spacial score (nSPS) is 13.1. The van der Waals surface area contributed by atoms with Gasteiger partial charge < -0.3 is 10.6 Å². The largest absolute Gasteiger partial charge is 0.399 e. The van der Waals surface area contributed by atoms with E-state index < -0.39 is 21.0 Å². The van der Waals surface area contributed by atoms with Crippen molar-refractivity contribution in [1.29, 1.82) is 0 Å². The number of benzene rings is 1. The number of rotatable bonds is 3. The van der Waals surface area contributed by atoms with E-state index in [-0.39, 0.29) is 4.90 Å². The minimum absolute atomic E-state index is 0.152. The number of nitrogens with two attached hydrogens (primary N) is 1. The minimum atomic E-state index is -3.68. The van der Waals surface area contributed by atoms with E-state index in [9.17, 15) is 13.2 Å². The van der Waals surface area contributed by atoms with E-state index >= 15 is 0 Å². The maximum atomic E-state index is 12.3. The van der Waals surface area contributed by atoms with Gasteiger partial charge in [-0.05, 0) is 37.6 Å². The number of aryl methyl sites for hydroxylation is 1. The number of hydrogen-bond donors (Lipinski definition) is 1. The number of sulfone groups is 1. The fourth-order valence-electron chi connectivity index (χ4n) is 1.68. The zero-order valence-electron chi connectivity index (χ0n) is 11.0. The number of carbonyl (C=O) groups excluding carboxylic acids is 1. The summed E-state index contributed by atoms with van der Waals surface area (Å²) in [4.78, 5) is 13.2. The molecule has 0 aromatic heterocycles. The van der Waals surface area contributed by atoms with Gasteiger partial charge in [-0.3, -0.25) is 4.79 Å². The summed E-state index contributed by atoms with van der Waals surface area (Å²) in [5.41, 5.74) is 6.63. The Morgan fingerprint density at radius 3 is 2.33 bits per heavy atom. The van der Waals surface area contributed by atoms with Crippen molar-refractivity contribution in [1.82, 2.24) is 4.90 Å². The Bertz CT molecular complexity index is 565. The maximum absolute atomic E-state index is 12.3. The number of nitrogen functional groups attached to an aromatic ring is 1. The second-order valence-electron chi connectivity index (χ2n) is 4.44. The predicted octanol–water partition coefficient (Wildman–Crippen LogP) is 0.828. The summed E-state index contributed by atoms with van der Waals surface area (Å²) < 4.78 is 24.6. The number of anilines is 1. The molecule has 1 aromatic carbocycles. The molecule has 0 heterocycles. The summed E-state index contributed by atoms with van der Waals surface area (Å²) >= 11 is 0. The molecule has 0 radical (unpaired) electrons. The summed E-state index contributed by atoms with van der Waals surface area (Å²) in [7, 11) is -0.614. The van der Waals surface area contributed by atoms with Crippen molar-refractivity contribution in [3.05, 3.63) is 23.8 Å². The van der Waals surface area contributed by atoms with Crippen molar-refractivity contribution in [2.75, 3.05) is 19.8 Å². The monoisotopic (exact) mass is 270 g/mol. The quantitative estimate of drug-likeness (QED) is 0.825. The van der Waals surface area contributed by atoms with Crippen LogP contribution in [0, 0.1) is 6.92 Å². The SMILES string of the molecule is Cc1cc(N)ccc1S(=O)(=O)C(C)C(=O)N(C)C. The van der Waals surface area contributed by atoms with Crippen LogP contribution in [0.1, 0.15) is 12.5 Å². The second-order valence-corrected chi connectivity index (χ2v) is 6.68. The average molecular weight is 270 g/mol. The van der Waals surface area contributed by atoms with Crippen molar-refractivity contribution in [2.24, 2.45) is 0 Å². The lowest BCUT2D eigenvalue weighted by atomic mass is 10.2. The Morgan fingerprint density at radius 2 is 1.89 bits per heavy atom. The molecule has 100 valence electrons. The molecule has 0 spiro atoms. The highest BCUT2D eigenvalue weighted by Gasteiger charge is 2.31. The van der Waals surface area contributed by atoms with Crippen LogP contribution in [0.4, 0.5) is 5.69 Å². The van der Waals surface area contributed by atoms with E-state index in [0.29, 0.717) is 11.3 Å². The van der Waals surface area contributed by atoms with Crippen LogP contribution < -0.4 is 5.73 Å². The van der Waals surface area contributed by atoms with E-state index in [4.69, 9.17) is 5.73 Å². The average Bonchev–Trinajstić information content (AvgIpc) is 2.26. The third-order valence-electron chi connectivity index (χ3n) is 2.76. The molecule has 0 saturated heterocycles. The van der Waals surface area contributed by atoms with E-state index in [2.05, 4.69) is 0 Å². The van der Waals surface area contributed by atoms with Crippen molar-refractivity contribution in [3.8, 4) is 0 Å². The molecule has 1 atom stereocenters. The second kappa shape index (κ2) is 4.97. The molecule has 1 unspecified atom stereocenters. The van der Waals surface area contributed by atoms with Crippen LogP contribution in [-0.2, 0) is 14.6 Å². The summed E-state index contributed by atoms with van der Waals surface area (Å²) in [6.45, 7) is 3.06. The van der Waals surface area contributed by atoms with Gasteiger partial charge in [-0.1, -0.05) is 0 Å². The Balaban J connectivity index is 3.26. The molecule has 0 aliphatic rings. The smallest absolute Gasteiger partial charge is 0.240 e. The number of hydrogen-bond acceptors (Lipinski definition) is 4. The standard InChI is InChI=1S/C12H18N2O3S/c1-8-7-10(13)5-6-11(8)18(16,17)9(2)12(15)14(3)4/h5-7,9H,13H2,1-4H3. The van der Waals surface area contributed by atoms with Crippen LogP contribution in [0.3, 0.4) is 0 Å². The van der Waals surface area contributed by atoms with Crippen LogP contribution >= 0.6 is 0 Å². The number of nitrogens with zero attached hydrogens (tertiary/aromatic N) is 1. The van der Waals surface area contributed by atoms with Crippen molar-refractivity contribution >= 4 is 21.4 Å². The molecule has 0 aliphatic carbocycles. The highest BCUT2D eigenvalue weighted by Crippen LogP contribution is 2.22. The highest BCUT2D eigenvalue weighted by atomic mass is 32.2.